The largest absolute Gasteiger partial charge is 0.330 e. The highest BCUT2D eigenvalue weighted by atomic mass is 19.1. The Balaban J connectivity index is 1.68. The molecule has 0 spiro atoms. The maximum Gasteiger partial charge on any atom is 0.197 e. The molecule has 0 bridgehead atoms. The molecule has 1 aliphatic rings. The molecule has 0 saturated heterocycles. The third-order valence-electron chi connectivity index (χ3n) is 4.92. The lowest BCUT2D eigenvalue weighted by molar-refractivity contribution is 0.103. The number of aromatic nitrogens is 4. The van der Waals surface area contributed by atoms with Gasteiger partial charge >= 0.3 is 0 Å². The van der Waals surface area contributed by atoms with Crippen LogP contribution in [0, 0.1) is 5.82 Å². The van der Waals surface area contributed by atoms with Crippen molar-refractivity contribution in [1.82, 2.24) is 19.7 Å². The molecular formula is C20H20FN5O. The maximum absolute atomic E-state index is 13.9. The minimum atomic E-state index is -0.478. The zero-order valence-electron chi connectivity index (χ0n) is 14.8. The lowest BCUT2D eigenvalue weighted by Crippen LogP contribution is -2.17. The van der Waals surface area contributed by atoms with Crippen molar-refractivity contribution in [3.8, 4) is 11.4 Å². The van der Waals surface area contributed by atoms with E-state index in [0.29, 0.717) is 36.0 Å². The Bertz CT molecular complexity index is 963. The highest BCUT2D eigenvalue weighted by Gasteiger charge is 2.23. The Hall–Kier alpha value is -2.93. The first-order valence-electron chi connectivity index (χ1n) is 9.05. The third-order valence-corrected chi connectivity index (χ3v) is 4.92. The van der Waals surface area contributed by atoms with Gasteiger partial charge in [0.05, 0.1) is 17.8 Å². The maximum atomic E-state index is 13.9. The number of rotatable bonds is 6. The van der Waals surface area contributed by atoms with Crippen molar-refractivity contribution in [2.45, 2.75) is 31.7 Å². The van der Waals surface area contributed by atoms with Crippen molar-refractivity contribution in [1.29, 1.82) is 0 Å². The van der Waals surface area contributed by atoms with E-state index in [9.17, 15) is 9.18 Å². The van der Waals surface area contributed by atoms with Gasteiger partial charge in [0, 0.05) is 29.7 Å². The van der Waals surface area contributed by atoms with Crippen LogP contribution in [-0.4, -0.2) is 32.1 Å². The summed E-state index contributed by atoms with van der Waals surface area (Å²) >= 11 is 0. The molecule has 1 fully saturated rings. The van der Waals surface area contributed by atoms with Crippen LogP contribution in [0.3, 0.4) is 0 Å². The predicted octanol–water partition coefficient (Wildman–Crippen LogP) is 2.94. The van der Waals surface area contributed by atoms with Crippen molar-refractivity contribution in [3.63, 3.8) is 0 Å². The topological polar surface area (TPSA) is 86.7 Å². The third kappa shape index (κ3) is 3.50. The molecule has 0 unspecified atom stereocenters. The molecule has 0 radical (unpaired) electrons. The number of hydrogen-bond donors (Lipinski definition) is 1. The molecule has 1 aromatic carbocycles. The summed E-state index contributed by atoms with van der Waals surface area (Å²) in [4.78, 5) is 21.7. The highest BCUT2D eigenvalue weighted by molar-refractivity contribution is 6.12. The van der Waals surface area contributed by atoms with Crippen LogP contribution < -0.4 is 5.73 Å². The second kappa shape index (κ2) is 7.36. The van der Waals surface area contributed by atoms with Gasteiger partial charge in [-0.25, -0.2) is 14.4 Å². The second-order valence-corrected chi connectivity index (χ2v) is 6.77. The minimum absolute atomic E-state index is 0.231. The molecule has 4 rings (SSSR count). The van der Waals surface area contributed by atoms with E-state index < -0.39 is 5.82 Å². The van der Waals surface area contributed by atoms with Crippen LogP contribution in [0.2, 0.25) is 0 Å². The number of carbonyl (C=O) groups is 1. The molecule has 0 aliphatic heterocycles. The van der Waals surface area contributed by atoms with E-state index in [1.54, 1.807) is 24.8 Å². The molecule has 7 heteroatoms. The molecule has 1 aliphatic carbocycles. The second-order valence-electron chi connectivity index (χ2n) is 6.77. The summed E-state index contributed by atoms with van der Waals surface area (Å²) in [5.41, 5.74) is 7.62. The van der Waals surface area contributed by atoms with Gasteiger partial charge in [0.2, 0.25) is 0 Å². The van der Waals surface area contributed by atoms with E-state index in [2.05, 4.69) is 15.1 Å². The lowest BCUT2D eigenvalue weighted by atomic mass is 9.93. The molecule has 6 nitrogen and oxygen atoms in total. The van der Waals surface area contributed by atoms with Crippen LogP contribution in [0.15, 0.2) is 43.0 Å². The molecule has 2 N–H and O–H groups in total. The summed E-state index contributed by atoms with van der Waals surface area (Å²) in [6.07, 6.45) is 10.7. The van der Waals surface area contributed by atoms with Crippen LogP contribution in [0.4, 0.5) is 4.39 Å². The fourth-order valence-electron chi connectivity index (χ4n) is 3.15. The summed E-state index contributed by atoms with van der Waals surface area (Å²) in [6.45, 7) is 0.508. The first-order chi connectivity index (χ1) is 13.2. The molecule has 0 atom stereocenters. The summed E-state index contributed by atoms with van der Waals surface area (Å²) in [6, 6.07) is 4.44. The minimum Gasteiger partial charge on any atom is -0.330 e. The Morgan fingerprint density at radius 3 is 2.67 bits per heavy atom. The first-order valence-corrected chi connectivity index (χ1v) is 9.05. The molecular weight excluding hydrogens is 345 g/mol. The molecule has 27 heavy (non-hydrogen) atoms. The summed E-state index contributed by atoms with van der Waals surface area (Å²) < 4.78 is 15.7. The van der Waals surface area contributed by atoms with Gasteiger partial charge in [0.25, 0.3) is 0 Å². The average molecular weight is 365 g/mol. The zero-order chi connectivity index (χ0) is 18.8. The Morgan fingerprint density at radius 2 is 2.00 bits per heavy atom. The van der Waals surface area contributed by atoms with Crippen molar-refractivity contribution in [2.75, 3.05) is 6.54 Å². The van der Waals surface area contributed by atoms with Gasteiger partial charge in [-0.3, -0.25) is 9.48 Å². The lowest BCUT2D eigenvalue weighted by Gasteiger charge is -2.25. The van der Waals surface area contributed by atoms with E-state index >= 15 is 0 Å². The fourth-order valence-corrected chi connectivity index (χ4v) is 3.15. The quantitative estimate of drug-likeness (QED) is 0.679. The molecule has 0 amide bonds. The average Bonchev–Trinajstić information content (AvgIpc) is 3.10. The van der Waals surface area contributed by atoms with Gasteiger partial charge in [-0.15, -0.1) is 0 Å². The smallest absolute Gasteiger partial charge is 0.197 e. The molecule has 3 aromatic rings. The normalized spacial score (nSPS) is 14.1. The number of nitrogens with zero attached hydrogens (tertiary/aromatic N) is 4. The summed E-state index contributed by atoms with van der Waals surface area (Å²) in [7, 11) is 0. The van der Waals surface area contributed by atoms with Gasteiger partial charge in [-0.1, -0.05) is 0 Å². The van der Waals surface area contributed by atoms with E-state index in [1.165, 1.54) is 24.6 Å². The number of benzene rings is 1. The van der Waals surface area contributed by atoms with Crippen LogP contribution in [0.5, 0.6) is 0 Å². The van der Waals surface area contributed by atoms with Crippen molar-refractivity contribution >= 4 is 5.78 Å². The Kier molecular flexibility index (Phi) is 4.77. The van der Waals surface area contributed by atoms with Gasteiger partial charge in [-0.05, 0) is 56.0 Å². The van der Waals surface area contributed by atoms with E-state index in [-0.39, 0.29) is 11.3 Å². The standard InChI is InChI=1S/C20H20FN5O/c21-15-4-5-17(20-23-9-13(6-7-22)10-24-20)18(8-15)19(27)14-11-25-26(12-14)16-2-1-3-16/h4-5,8-12,16H,1-3,6-7,22H2. The molecule has 2 aromatic heterocycles. The van der Waals surface area contributed by atoms with Crippen molar-refractivity contribution in [3.05, 3.63) is 65.5 Å². The van der Waals surface area contributed by atoms with Crippen LogP contribution in [-0.2, 0) is 6.42 Å². The van der Waals surface area contributed by atoms with E-state index in [1.807, 2.05) is 4.68 Å². The number of halogens is 1. The molecule has 1 saturated carbocycles. The monoisotopic (exact) mass is 365 g/mol. The summed E-state index contributed by atoms with van der Waals surface area (Å²) in [5, 5.41) is 4.30. The van der Waals surface area contributed by atoms with Crippen LogP contribution in [0.1, 0.15) is 46.8 Å². The first kappa shape index (κ1) is 17.5. The van der Waals surface area contributed by atoms with Crippen LogP contribution >= 0.6 is 0 Å². The summed E-state index contributed by atoms with van der Waals surface area (Å²) in [5.74, 6) is -0.386. The Labute approximate surface area is 156 Å². The van der Waals surface area contributed by atoms with Crippen LogP contribution in [0.25, 0.3) is 11.4 Å². The number of hydrogen-bond acceptors (Lipinski definition) is 5. The van der Waals surface area contributed by atoms with Crippen molar-refractivity contribution < 1.29 is 9.18 Å². The molecule has 2 heterocycles. The van der Waals surface area contributed by atoms with Gasteiger partial charge in [0.1, 0.15) is 5.82 Å². The SMILES string of the molecule is NCCc1cnc(-c2ccc(F)cc2C(=O)c2cnn(C3CCC3)c2)nc1. The Morgan fingerprint density at radius 1 is 1.22 bits per heavy atom. The fraction of sp³-hybridized carbons (Fsp3) is 0.300. The van der Waals surface area contributed by atoms with Gasteiger partial charge in [-0.2, -0.15) is 5.10 Å². The number of nitrogens with two attached hydrogens (primary N) is 1. The zero-order valence-corrected chi connectivity index (χ0v) is 14.8. The van der Waals surface area contributed by atoms with Gasteiger partial charge in [0.15, 0.2) is 11.6 Å². The predicted molar refractivity (Wildman–Crippen MR) is 98.7 cm³/mol. The van der Waals surface area contributed by atoms with Gasteiger partial charge < -0.3 is 5.73 Å². The van der Waals surface area contributed by atoms with E-state index in [0.717, 1.165) is 18.4 Å². The molecule has 138 valence electrons. The van der Waals surface area contributed by atoms with Crippen molar-refractivity contribution in [2.24, 2.45) is 5.73 Å². The van der Waals surface area contributed by atoms with E-state index in [4.69, 9.17) is 5.73 Å². The number of ketones is 1. The highest BCUT2D eigenvalue weighted by Crippen LogP contribution is 2.31. The number of carbonyl (C=O) groups excluding carboxylic acids is 1.